The van der Waals surface area contributed by atoms with Gasteiger partial charge in [0, 0.05) is 11.6 Å². The SMILES string of the molecule is N#Cc1ncn(CC(O)c2ccc(F)cc2F)n1. The first-order valence-corrected chi connectivity index (χ1v) is 5.02. The summed E-state index contributed by atoms with van der Waals surface area (Å²) >= 11 is 0. The highest BCUT2D eigenvalue weighted by Gasteiger charge is 2.15. The van der Waals surface area contributed by atoms with Crippen LogP contribution in [0.4, 0.5) is 8.78 Å². The molecule has 5 nitrogen and oxygen atoms in total. The lowest BCUT2D eigenvalue weighted by Crippen LogP contribution is -2.11. The van der Waals surface area contributed by atoms with Crippen molar-refractivity contribution in [3.63, 3.8) is 0 Å². The van der Waals surface area contributed by atoms with Crippen LogP contribution in [0.15, 0.2) is 24.5 Å². The van der Waals surface area contributed by atoms with Crippen molar-refractivity contribution < 1.29 is 13.9 Å². The molecule has 1 aromatic heterocycles. The van der Waals surface area contributed by atoms with Gasteiger partial charge in [-0.2, -0.15) is 5.26 Å². The van der Waals surface area contributed by atoms with Crippen LogP contribution in [0.1, 0.15) is 17.5 Å². The number of benzene rings is 1. The monoisotopic (exact) mass is 250 g/mol. The molecule has 0 saturated heterocycles. The van der Waals surface area contributed by atoms with Crippen molar-refractivity contribution >= 4 is 0 Å². The van der Waals surface area contributed by atoms with Crippen molar-refractivity contribution in [2.24, 2.45) is 0 Å². The van der Waals surface area contributed by atoms with E-state index in [9.17, 15) is 13.9 Å². The molecule has 0 spiro atoms. The van der Waals surface area contributed by atoms with E-state index in [1.165, 1.54) is 11.0 Å². The van der Waals surface area contributed by atoms with E-state index in [1.54, 1.807) is 6.07 Å². The Morgan fingerprint density at radius 1 is 1.44 bits per heavy atom. The molecule has 0 aliphatic heterocycles. The lowest BCUT2D eigenvalue weighted by Gasteiger charge is -2.11. The van der Waals surface area contributed by atoms with Gasteiger partial charge in [0.1, 0.15) is 30.1 Å². The Kier molecular flexibility index (Phi) is 3.30. The summed E-state index contributed by atoms with van der Waals surface area (Å²) in [6, 6.07) is 4.65. The Bertz CT molecular complexity index is 605. The van der Waals surface area contributed by atoms with E-state index in [0.29, 0.717) is 6.07 Å². The van der Waals surface area contributed by atoms with Crippen LogP contribution in [0.5, 0.6) is 0 Å². The second kappa shape index (κ2) is 4.89. The molecule has 0 bridgehead atoms. The summed E-state index contributed by atoms with van der Waals surface area (Å²) in [5.41, 5.74) is -0.0367. The number of hydrogen-bond donors (Lipinski definition) is 1. The molecule has 0 fully saturated rings. The number of nitrogens with zero attached hydrogens (tertiary/aromatic N) is 4. The molecule has 0 radical (unpaired) electrons. The van der Waals surface area contributed by atoms with Gasteiger partial charge in [-0.05, 0) is 6.07 Å². The average molecular weight is 250 g/mol. The largest absolute Gasteiger partial charge is 0.386 e. The van der Waals surface area contributed by atoms with Gasteiger partial charge in [0.2, 0.25) is 0 Å². The minimum Gasteiger partial charge on any atom is -0.386 e. The number of aromatic nitrogens is 3. The summed E-state index contributed by atoms with van der Waals surface area (Å²) in [4.78, 5) is 3.64. The number of nitriles is 1. The Morgan fingerprint density at radius 2 is 2.22 bits per heavy atom. The van der Waals surface area contributed by atoms with Gasteiger partial charge < -0.3 is 5.11 Å². The molecular weight excluding hydrogens is 242 g/mol. The minimum absolute atomic E-state index is 0.0367. The third kappa shape index (κ3) is 2.49. The first kappa shape index (κ1) is 12.1. The molecule has 0 aliphatic carbocycles. The molecule has 2 rings (SSSR count). The summed E-state index contributed by atoms with van der Waals surface area (Å²) in [5, 5.41) is 22.0. The van der Waals surface area contributed by atoms with E-state index in [2.05, 4.69) is 10.1 Å². The standard InChI is InChI=1S/C11H8F2N4O/c12-7-1-2-8(9(13)3-7)10(18)5-17-6-15-11(4-14)16-17/h1-3,6,10,18H,5H2. The van der Waals surface area contributed by atoms with Gasteiger partial charge in [0.15, 0.2) is 0 Å². The Hall–Kier alpha value is -2.33. The van der Waals surface area contributed by atoms with Gasteiger partial charge in [0.25, 0.3) is 5.82 Å². The highest BCUT2D eigenvalue weighted by molar-refractivity contribution is 5.20. The van der Waals surface area contributed by atoms with E-state index in [-0.39, 0.29) is 17.9 Å². The summed E-state index contributed by atoms with van der Waals surface area (Å²) in [6.07, 6.45) is 0.0577. The van der Waals surface area contributed by atoms with Gasteiger partial charge in [-0.1, -0.05) is 6.07 Å². The average Bonchev–Trinajstić information content (AvgIpc) is 2.76. The van der Waals surface area contributed by atoms with Crippen LogP contribution in [0, 0.1) is 23.0 Å². The Morgan fingerprint density at radius 3 is 2.83 bits per heavy atom. The molecule has 1 atom stereocenters. The number of hydrogen-bond acceptors (Lipinski definition) is 4. The lowest BCUT2D eigenvalue weighted by molar-refractivity contribution is 0.147. The second-order valence-electron chi connectivity index (χ2n) is 3.58. The molecule has 1 aromatic carbocycles. The summed E-state index contributed by atoms with van der Waals surface area (Å²) in [6.45, 7) is -0.0722. The quantitative estimate of drug-likeness (QED) is 0.887. The molecule has 7 heteroatoms. The summed E-state index contributed by atoms with van der Waals surface area (Å²) in [5.74, 6) is -1.58. The number of aliphatic hydroxyl groups is 1. The topological polar surface area (TPSA) is 74.7 Å². The molecule has 1 unspecified atom stereocenters. The van der Waals surface area contributed by atoms with E-state index in [4.69, 9.17) is 5.26 Å². The van der Waals surface area contributed by atoms with Crippen molar-refractivity contribution in [1.82, 2.24) is 14.8 Å². The van der Waals surface area contributed by atoms with Crippen LogP contribution in [0.3, 0.4) is 0 Å². The third-order valence-electron chi connectivity index (χ3n) is 2.32. The van der Waals surface area contributed by atoms with Crippen molar-refractivity contribution in [3.05, 3.63) is 47.5 Å². The molecule has 92 valence electrons. The van der Waals surface area contributed by atoms with Crippen molar-refractivity contribution in [2.75, 3.05) is 0 Å². The van der Waals surface area contributed by atoms with Gasteiger partial charge in [-0.25, -0.2) is 18.4 Å². The predicted octanol–water partition coefficient (Wildman–Crippen LogP) is 1.16. The molecule has 0 aliphatic rings. The fourth-order valence-corrected chi connectivity index (χ4v) is 1.48. The molecule has 0 amide bonds. The zero-order valence-electron chi connectivity index (χ0n) is 9.09. The maximum absolute atomic E-state index is 13.4. The van der Waals surface area contributed by atoms with E-state index < -0.39 is 17.7 Å². The van der Waals surface area contributed by atoms with Crippen molar-refractivity contribution in [2.45, 2.75) is 12.6 Å². The van der Waals surface area contributed by atoms with E-state index >= 15 is 0 Å². The molecule has 1 heterocycles. The normalized spacial score (nSPS) is 12.1. The van der Waals surface area contributed by atoms with Crippen LogP contribution in [0.25, 0.3) is 0 Å². The van der Waals surface area contributed by atoms with Crippen molar-refractivity contribution in [3.8, 4) is 6.07 Å². The Balaban J connectivity index is 2.16. The molecule has 0 saturated carbocycles. The molecular formula is C11H8F2N4O. The predicted molar refractivity (Wildman–Crippen MR) is 56.1 cm³/mol. The highest BCUT2D eigenvalue weighted by atomic mass is 19.1. The number of halogens is 2. The molecule has 18 heavy (non-hydrogen) atoms. The van der Waals surface area contributed by atoms with Gasteiger partial charge in [-0.15, -0.1) is 5.10 Å². The zero-order valence-corrected chi connectivity index (χ0v) is 9.09. The maximum atomic E-state index is 13.4. The smallest absolute Gasteiger partial charge is 0.252 e. The number of rotatable bonds is 3. The second-order valence-corrected chi connectivity index (χ2v) is 3.58. The lowest BCUT2D eigenvalue weighted by atomic mass is 10.1. The van der Waals surface area contributed by atoms with Gasteiger partial charge >= 0.3 is 0 Å². The van der Waals surface area contributed by atoms with Crippen LogP contribution < -0.4 is 0 Å². The summed E-state index contributed by atoms with van der Waals surface area (Å²) < 4.78 is 27.3. The fourth-order valence-electron chi connectivity index (χ4n) is 1.48. The highest BCUT2D eigenvalue weighted by Crippen LogP contribution is 2.19. The van der Waals surface area contributed by atoms with E-state index in [1.807, 2.05) is 0 Å². The fraction of sp³-hybridized carbons (Fsp3) is 0.182. The van der Waals surface area contributed by atoms with Crippen molar-refractivity contribution in [1.29, 1.82) is 5.26 Å². The summed E-state index contributed by atoms with van der Waals surface area (Å²) in [7, 11) is 0. The first-order chi connectivity index (χ1) is 8.60. The zero-order chi connectivity index (χ0) is 13.1. The number of aliphatic hydroxyl groups excluding tert-OH is 1. The van der Waals surface area contributed by atoms with Gasteiger partial charge in [-0.3, -0.25) is 0 Å². The van der Waals surface area contributed by atoms with E-state index in [0.717, 1.165) is 12.1 Å². The maximum Gasteiger partial charge on any atom is 0.252 e. The third-order valence-corrected chi connectivity index (χ3v) is 2.32. The molecule has 2 aromatic rings. The molecule has 1 N–H and O–H groups in total. The van der Waals surface area contributed by atoms with Crippen LogP contribution in [0.2, 0.25) is 0 Å². The minimum atomic E-state index is -1.20. The Labute approximate surface area is 101 Å². The van der Waals surface area contributed by atoms with Crippen LogP contribution in [-0.4, -0.2) is 19.9 Å². The van der Waals surface area contributed by atoms with Gasteiger partial charge in [0.05, 0.1) is 6.54 Å². The van der Waals surface area contributed by atoms with Crippen LogP contribution in [-0.2, 0) is 6.54 Å². The van der Waals surface area contributed by atoms with Crippen LogP contribution >= 0.6 is 0 Å². The first-order valence-electron chi connectivity index (χ1n) is 5.02.